The summed E-state index contributed by atoms with van der Waals surface area (Å²) in [4.78, 5) is 11.1. The number of nitrogens with two attached hydrogens (primary N) is 1. The number of hydrogen-bond acceptors (Lipinski definition) is 2. The van der Waals surface area contributed by atoms with E-state index in [9.17, 15) is 9.18 Å². The van der Waals surface area contributed by atoms with E-state index < -0.39 is 5.91 Å². The molecule has 1 saturated carbocycles. The van der Waals surface area contributed by atoms with Crippen LogP contribution < -0.4 is 11.1 Å². The summed E-state index contributed by atoms with van der Waals surface area (Å²) in [5, 5.41) is 3.24. The van der Waals surface area contributed by atoms with Crippen LogP contribution in [0.4, 0.5) is 10.1 Å². The average Bonchev–Trinajstić information content (AvgIpc) is 2.37. The molecule has 1 aromatic rings. The molecule has 3 unspecified atom stereocenters. The molecule has 0 bridgehead atoms. The van der Waals surface area contributed by atoms with Crippen molar-refractivity contribution in [2.45, 2.75) is 39.2 Å². The fourth-order valence-electron chi connectivity index (χ4n) is 2.77. The zero-order valence-corrected chi connectivity index (χ0v) is 11.4. The number of rotatable bonds is 3. The summed E-state index contributed by atoms with van der Waals surface area (Å²) in [5.41, 5.74) is 5.94. The molecule has 19 heavy (non-hydrogen) atoms. The lowest BCUT2D eigenvalue weighted by atomic mass is 9.78. The van der Waals surface area contributed by atoms with Crippen LogP contribution in [-0.4, -0.2) is 11.9 Å². The standard InChI is InChI=1S/C15H21FN2O/c1-9-4-3-5-13(10(9)2)18-14-8-11(15(17)19)6-7-12(14)16/h6-10,13,18H,3-5H2,1-2H3,(H2,17,19). The van der Waals surface area contributed by atoms with Gasteiger partial charge in [-0.2, -0.15) is 0 Å². The maximum atomic E-state index is 13.8. The van der Waals surface area contributed by atoms with E-state index in [1.165, 1.54) is 24.6 Å². The number of carbonyl (C=O) groups is 1. The van der Waals surface area contributed by atoms with E-state index in [1.807, 2.05) is 0 Å². The van der Waals surface area contributed by atoms with Crippen LogP contribution in [0.25, 0.3) is 0 Å². The van der Waals surface area contributed by atoms with Crippen molar-refractivity contribution in [3.8, 4) is 0 Å². The van der Waals surface area contributed by atoms with Crippen LogP contribution in [0.15, 0.2) is 18.2 Å². The largest absolute Gasteiger partial charge is 0.380 e. The third-order valence-electron chi connectivity index (χ3n) is 4.30. The van der Waals surface area contributed by atoms with E-state index >= 15 is 0 Å². The second-order valence-electron chi connectivity index (χ2n) is 5.58. The first-order valence-corrected chi connectivity index (χ1v) is 6.85. The highest BCUT2D eigenvalue weighted by atomic mass is 19.1. The van der Waals surface area contributed by atoms with E-state index in [-0.39, 0.29) is 11.9 Å². The van der Waals surface area contributed by atoms with Crippen LogP contribution in [0.5, 0.6) is 0 Å². The molecule has 104 valence electrons. The topological polar surface area (TPSA) is 55.1 Å². The van der Waals surface area contributed by atoms with Crippen LogP contribution in [0.1, 0.15) is 43.5 Å². The molecule has 0 aliphatic heterocycles. The van der Waals surface area contributed by atoms with Gasteiger partial charge in [0.05, 0.1) is 5.69 Å². The zero-order chi connectivity index (χ0) is 14.0. The maximum absolute atomic E-state index is 13.8. The molecule has 2 rings (SSSR count). The van der Waals surface area contributed by atoms with Crippen molar-refractivity contribution in [3.63, 3.8) is 0 Å². The Morgan fingerprint density at radius 1 is 1.37 bits per heavy atom. The molecule has 3 atom stereocenters. The van der Waals surface area contributed by atoms with E-state index in [2.05, 4.69) is 19.2 Å². The molecule has 1 amide bonds. The van der Waals surface area contributed by atoms with Gasteiger partial charge < -0.3 is 11.1 Å². The van der Waals surface area contributed by atoms with Gasteiger partial charge in [0.2, 0.25) is 5.91 Å². The molecule has 1 aliphatic rings. The lowest BCUT2D eigenvalue weighted by molar-refractivity contribution is 0.100. The number of anilines is 1. The average molecular weight is 264 g/mol. The number of nitrogens with one attached hydrogen (secondary N) is 1. The fraction of sp³-hybridized carbons (Fsp3) is 0.533. The van der Waals surface area contributed by atoms with Gasteiger partial charge in [-0.1, -0.05) is 26.7 Å². The van der Waals surface area contributed by atoms with Gasteiger partial charge in [0.15, 0.2) is 0 Å². The Morgan fingerprint density at radius 2 is 2.11 bits per heavy atom. The highest BCUT2D eigenvalue weighted by Gasteiger charge is 2.27. The number of amides is 1. The van der Waals surface area contributed by atoms with Crippen LogP contribution >= 0.6 is 0 Å². The Balaban J connectivity index is 2.18. The third kappa shape index (κ3) is 3.06. The quantitative estimate of drug-likeness (QED) is 0.881. The van der Waals surface area contributed by atoms with Gasteiger partial charge in [-0.25, -0.2) is 4.39 Å². The minimum Gasteiger partial charge on any atom is -0.380 e. The highest BCUT2D eigenvalue weighted by molar-refractivity contribution is 5.93. The molecule has 3 N–H and O–H groups in total. The predicted octanol–water partition coefficient (Wildman–Crippen LogP) is 3.16. The summed E-state index contributed by atoms with van der Waals surface area (Å²) in [7, 11) is 0. The molecule has 0 saturated heterocycles. The Bertz CT molecular complexity index is 475. The van der Waals surface area contributed by atoms with Gasteiger partial charge in [-0.15, -0.1) is 0 Å². The molecular formula is C15H21FN2O. The summed E-state index contributed by atoms with van der Waals surface area (Å²) in [6, 6.07) is 4.46. The highest BCUT2D eigenvalue weighted by Crippen LogP contribution is 2.32. The molecule has 0 heterocycles. The summed E-state index contributed by atoms with van der Waals surface area (Å²) in [6.45, 7) is 4.42. The van der Waals surface area contributed by atoms with E-state index in [1.54, 1.807) is 0 Å². The zero-order valence-electron chi connectivity index (χ0n) is 11.4. The smallest absolute Gasteiger partial charge is 0.248 e. The monoisotopic (exact) mass is 264 g/mol. The van der Waals surface area contributed by atoms with Gasteiger partial charge in [-0.05, 0) is 36.5 Å². The van der Waals surface area contributed by atoms with Gasteiger partial charge >= 0.3 is 0 Å². The Morgan fingerprint density at radius 3 is 2.79 bits per heavy atom. The van der Waals surface area contributed by atoms with Crippen molar-refractivity contribution in [2.75, 3.05) is 5.32 Å². The van der Waals surface area contributed by atoms with Gasteiger partial charge in [0.25, 0.3) is 0 Å². The number of carbonyl (C=O) groups excluding carboxylic acids is 1. The molecule has 0 spiro atoms. The van der Waals surface area contributed by atoms with Crippen LogP contribution in [0.2, 0.25) is 0 Å². The summed E-state index contributed by atoms with van der Waals surface area (Å²) in [6.07, 6.45) is 3.41. The van der Waals surface area contributed by atoms with Crippen molar-refractivity contribution >= 4 is 11.6 Å². The van der Waals surface area contributed by atoms with Crippen LogP contribution in [-0.2, 0) is 0 Å². The Labute approximate surface area is 113 Å². The molecule has 1 aliphatic carbocycles. The molecule has 0 radical (unpaired) electrons. The molecular weight excluding hydrogens is 243 g/mol. The lowest BCUT2D eigenvalue weighted by Crippen LogP contribution is -2.35. The van der Waals surface area contributed by atoms with Gasteiger partial charge in [0.1, 0.15) is 5.82 Å². The first-order chi connectivity index (χ1) is 8.99. The Hall–Kier alpha value is -1.58. The minimum atomic E-state index is -0.534. The molecule has 1 fully saturated rings. The maximum Gasteiger partial charge on any atom is 0.248 e. The normalized spacial score (nSPS) is 27.0. The SMILES string of the molecule is CC1CCCC(Nc2cc(C(N)=O)ccc2F)C1C. The van der Waals surface area contributed by atoms with Crippen molar-refractivity contribution in [3.05, 3.63) is 29.6 Å². The lowest BCUT2D eigenvalue weighted by Gasteiger charge is -2.35. The third-order valence-corrected chi connectivity index (χ3v) is 4.30. The number of primary amides is 1. The van der Waals surface area contributed by atoms with E-state index in [0.29, 0.717) is 23.1 Å². The summed E-state index contributed by atoms with van der Waals surface area (Å²) in [5.74, 6) is 0.252. The first-order valence-electron chi connectivity index (χ1n) is 6.85. The summed E-state index contributed by atoms with van der Waals surface area (Å²) >= 11 is 0. The number of halogens is 1. The predicted molar refractivity (Wildman–Crippen MR) is 74.5 cm³/mol. The second-order valence-corrected chi connectivity index (χ2v) is 5.58. The molecule has 3 nitrogen and oxygen atoms in total. The molecule has 0 aromatic heterocycles. The minimum absolute atomic E-state index is 0.251. The van der Waals surface area contributed by atoms with Crippen LogP contribution in [0, 0.1) is 17.7 Å². The van der Waals surface area contributed by atoms with Gasteiger partial charge in [0, 0.05) is 11.6 Å². The second kappa shape index (κ2) is 5.59. The number of benzene rings is 1. The van der Waals surface area contributed by atoms with E-state index in [0.717, 1.165) is 12.8 Å². The van der Waals surface area contributed by atoms with Crippen molar-refractivity contribution in [2.24, 2.45) is 17.6 Å². The Kier molecular flexibility index (Phi) is 4.08. The van der Waals surface area contributed by atoms with Crippen LogP contribution in [0.3, 0.4) is 0 Å². The molecule has 1 aromatic carbocycles. The fourth-order valence-corrected chi connectivity index (χ4v) is 2.77. The molecule has 4 heteroatoms. The van der Waals surface area contributed by atoms with Crippen molar-refractivity contribution < 1.29 is 9.18 Å². The van der Waals surface area contributed by atoms with Crippen molar-refractivity contribution in [1.82, 2.24) is 0 Å². The summed E-state index contributed by atoms with van der Waals surface area (Å²) < 4.78 is 13.8. The van der Waals surface area contributed by atoms with E-state index in [4.69, 9.17) is 5.73 Å². The van der Waals surface area contributed by atoms with Crippen molar-refractivity contribution in [1.29, 1.82) is 0 Å². The first kappa shape index (κ1) is 13.8. The number of hydrogen-bond donors (Lipinski definition) is 2. The van der Waals surface area contributed by atoms with Gasteiger partial charge in [-0.3, -0.25) is 4.79 Å².